The first-order valence-electron chi connectivity index (χ1n) is 8.44. The molecule has 28 heavy (non-hydrogen) atoms. The molecule has 0 unspecified atom stereocenters. The van der Waals surface area contributed by atoms with Crippen LogP contribution in [-0.2, 0) is 4.79 Å². The van der Waals surface area contributed by atoms with Crippen molar-refractivity contribution in [3.63, 3.8) is 0 Å². The van der Waals surface area contributed by atoms with Crippen LogP contribution in [0.5, 0.6) is 5.88 Å². The molecule has 0 fully saturated rings. The highest BCUT2D eigenvalue weighted by Crippen LogP contribution is 2.25. The number of thioether (sulfide) groups is 1. The Morgan fingerprint density at radius 2 is 1.86 bits per heavy atom. The Kier molecular flexibility index (Phi) is 6.06. The number of carbonyl (C=O) groups is 1. The van der Waals surface area contributed by atoms with Gasteiger partial charge in [0.25, 0.3) is 5.56 Å². The number of hydrogen-bond donors (Lipinski definition) is 2. The molecule has 2 N–H and O–H groups in total. The van der Waals surface area contributed by atoms with Crippen molar-refractivity contribution in [1.29, 1.82) is 0 Å². The molecule has 0 radical (unpaired) electrons. The van der Waals surface area contributed by atoms with Crippen molar-refractivity contribution < 1.29 is 9.90 Å². The molecule has 0 atom stereocenters. The number of aromatic nitrogens is 2. The van der Waals surface area contributed by atoms with Crippen LogP contribution in [0.15, 0.2) is 58.5 Å². The minimum Gasteiger partial charge on any atom is -0.493 e. The number of nitrogens with zero attached hydrogens (tertiary/aromatic N) is 2. The number of aromatic hydroxyl groups is 1. The summed E-state index contributed by atoms with van der Waals surface area (Å²) >= 11 is 7.14. The molecule has 0 saturated carbocycles. The molecule has 1 amide bonds. The summed E-state index contributed by atoms with van der Waals surface area (Å²) in [5.74, 6) is -0.608. The molecule has 1 aromatic heterocycles. The van der Waals surface area contributed by atoms with E-state index in [2.05, 4.69) is 10.3 Å². The summed E-state index contributed by atoms with van der Waals surface area (Å²) in [6.45, 7) is 3.32. The van der Waals surface area contributed by atoms with Gasteiger partial charge in [-0.2, -0.15) is 4.98 Å². The van der Waals surface area contributed by atoms with E-state index in [1.807, 2.05) is 13.0 Å². The van der Waals surface area contributed by atoms with Crippen molar-refractivity contribution in [3.8, 4) is 11.6 Å². The lowest BCUT2D eigenvalue weighted by Crippen LogP contribution is -2.24. The summed E-state index contributed by atoms with van der Waals surface area (Å²) in [6.07, 6.45) is 0. The fourth-order valence-electron chi connectivity index (χ4n) is 2.54. The lowest BCUT2D eigenvalue weighted by Gasteiger charge is -2.14. The Labute approximate surface area is 171 Å². The fourth-order valence-corrected chi connectivity index (χ4v) is 3.51. The van der Waals surface area contributed by atoms with E-state index in [-0.39, 0.29) is 33.8 Å². The van der Waals surface area contributed by atoms with Crippen LogP contribution < -0.4 is 10.9 Å². The number of anilines is 1. The zero-order valence-corrected chi connectivity index (χ0v) is 16.8. The van der Waals surface area contributed by atoms with Gasteiger partial charge in [0.15, 0.2) is 5.16 Å². The lowest BCUT2D eigenvalue weighted by molar-refractivity contribution is -0.113. The second kappa shape index (κ2) is 8.50. The molecule has 2 aromatic carbocycles. The van der Waals surface area contributed by atoms with Gasteiger partial charge in [-0.3, -0.25) is 14.2 Å². The first kappa shape index (κ1) is 20.0. The maximum Gasteiger partial charge on any atom is 0.265 e. The van der Waals surface area contributed by atoms with Crippen LogP contribution in [0.3, 0.4) is 0 Å². The third-order valence-electron chi connectivity index (χ3n) is 4.14. The van der Waals surface area contributed by atoms with Gasteiger partial charge in [0.2, 0.25) is 11.8 Å². The first-order valence-corrected chi connectivity index (χ1v) is 9.80. The van der Waals surface area contributed by atoms with Crippen molar-refractivity contribution in [2.45, 2.75) is 19.0 Å². The molecular formula is C20H18ClN3O3S. The average molecular weight is 416 g/mol. The van der Waals surface area contributed by atoms with E-state index >= 15 is 0 Å². The van der Waals surface area contributed by atoms with Crippen LogP contribution in [0.25, 0.3) is 5.69 Å². The Hall–Kier alpha value is -2.77. The Balaban J connectivity index is 1.85. The molecule has 3 aromatic rings. The number of hydrogen-bond acceptors (Lipinski definition) is 5. The molecule has 0 bridgehead atoms. The molecule has 144 valence electrons. The van der Waals surface area contributed by atoms with Crippen molar-refractivity contribution >= 4 is 35.0 Å². The number of para-hydroxylation sites is 1. The van der Waals surface area contributed by atoms with Gasteiger partial charge in [-0.25, -0.2) is 0 Å². The van der Waals surface area contributed by atoms with Gasteiger partial charge >= 0.3 is 0 Å². The van der Waals surface area contributed by atoms with Crippen molar-refractivity contribution in [2.75, 3.05) is 11.1 Å². The van der Waals surface area contributed by atoms with Crippen LogP contribution in [0.1, 0.15) is 11.1 Å². The van der Waals surface area contributed by atoms with Crippen LogP contribution in [-0.4, -0.2) is 26.3 Å². The van der Waals surface area contributed by atoms with Crippen LogP contribution >= 0.6 is 23.4 Å². The molecule has 8 heteroatoms. The van der Waals surface area contributed by atoms with Crippen molar-refractivity contribution in [1.82, 2.24) is 9.55 Å². The van der Waals surface area contributed by atoms with Gasteiger partial charge in [0.1, 0.15) is 0 Å². The molecule has 0 aliphatic carbocycles. The molecule has 0 spiro atoms. The highest BCUT2D eigenvalue weighted by atomic mass is 35.5. The summed E-state index contributed by atoms with van der Waals surface area (Å²) < 4.78 is 1.39. The number of nitrogens with one attached hydrogen (secondary N) is 1. The average Bonchev–Trinajstić information content (AvgIpc) is 2.69. The van der Waals surface area contributed by atoms with Crippen molar-refractivity contribution in [3.05, 3.63) is 75.0 Å². The number of amides is 1. The molecule has 6 nitrogen and oxygen atoms in total. The lowest BCUT2D eigenvalue weighted by atomic mass is 10.2. The largest absolute Gasteiger partial charge is 0.493 e. The quantitative estimate of drug-likeness (QED) is 0.487. The van der Waals surface area contributed by atoms with Crippen LogP contribution in [0.2, 0.25) is 5.02 Å². The highest BCUT2D eigenvalue weighted by Gasteiger charge is 2.16. The third-order valence-corrected chi connectivity index (χ3v) is 5.49. The topological polar surface area (TPSA) is 84.2 Å². The summed E-state index contributed by atoms with van der Waals surface area (Å²) in [6, 6.07) is 14.2. The summed E-state index contributed by atoms with van der Waals surface area (Å²) in [4.78, 5) is 29.1. The number of benzene rings is 2. The standard InChI is InChI=1S/C20H18ClN3O3S/c1-12-15(21)9-6-10-16(12)22-17(25)11-28-20-23-18(26)13(2)19(27)24(20)14-7-4-3-5-8-14/h3-10,26H,11H2,1-2H3,(H,22,25). The molecule has 3 rings (SSSR count). The van der Waals surface area contributed by atoms with Gasteiger partial charge in [0.05, 0.1) is 17.0 Å². The zero-order valence-electron chi connectivity index (χ0n) is 15.3. The number of carbonyl (C=O) groups excluding carboxylic acids is 1. The SMILES string of the molecule is Cc1c(Cl)cccc1NC(=O)CSc1nc(O)c(C)c(=O)n1-c1ccccc1. The van der Waals surface area contributed by atoms with E-state index in [0.29, 0.717) is 16.4 Å². The Morgan fingerprint density at radius 1 is 1.14 bits per heavy atom. The van der Waals surface area contributed by atoms with E-state index in [4.69, 9.17) is 11.6 Å². The highest BCUT2D eigenvalue weighted by molar-refractivity contribution is 7.99. The monoisotopic (exact) mass is 415 g/mol. The summed E-state index contributed by atoms with van der Waals surface area (Å²) in [7, 11) is 0. The first-order chi connectivity index (χ1) is 13.4. The molecule has 1 heterocycles. The van der Waals surface area contributed by atoms with Gasteiger partial charge in [0, 0.05) is 10.7 Å². The van der Waals surface area contributed by atoms with E-state index < -0.39 is 0 Å². The van der Waals surface area contributed by atoms with E-state index in [1.54, 1.807) is 42.5 Å². The normalized spacial score (nSPS) is 10.7. The fraction of sp³-hybridized carbons (Fsp3) is 0.150. The zero-order chi connectivity index (χ0) is 20.3. The minimum absolute atomic E-state index is 0.00767. The summed E-state index contributed by atoms with van der Waals surface area (Å²) in [5.41, 5.74) is 1.77. The van der Waals surface area contributed by atoms with Crippen LogP contribution in [0, 0.1) is 13.8 Å². The number of halogens is 1. The predicted octanol–water partition coefficient (Wildman–Crippen LogP) is 3.94. The Bertz CT molecular complexity index is 1080. The van der Waals surface area contributed by atoms with Crippen molar-refractivity contribution in [2.24, 2.45) is 0 Å². The van der Waals surface area contributed by atoms with Gasteiger partial charge in [-0.15, -0.1) is 0 Å². The second-order valence-electron chi connectivity index (χ2n) is 6.07. The maximum atomic E-state index is 12.7. The smallest absolute Gasteiger partial charge is 0.265 e. The number of rotatable bonds is 5. The molecular weight excluding hydrogens is 398 g/mol. The van der Waals surface area contributed by atoms with E-state index in [9.17, 15) is 14.7 Å². The third kappa shape index (κ3) is 4.21. The molecule has 0 aliphatic heterocycles. The van der Waals surface area contributed by atoms with E-state index in [0.717, 1.165) is 17.3 Å². The molecule has 0 aliphatic rings. The minimum atomic E-state index is -0.382. The van der Waals surface area contributed by atoms with Gasteiger partial charge in [-0.1, -0.05) is 47.6 Å². The second-order valence-corrected chi connectivity index (χ2v) is 7.42. The Morgan fingerprint density at radius 3 is 2.57 bits per heavy atom. The van der Waals surface area contributed by atoms with Gasteiger partial charge in [-0.05, 0) is 43.7 Å². The molecule has 0 saturated heterocycles. The maximum absolute atomic E-state index is 12.7. The van der Waals surface area contributed by atoms with E-state index in [1.165, 1.54) is 11.5 Å². The van der Waals surface area contributed by atoms with Gasteiger partial charge < -0.3 is 10.4 Å². The van der Waals surface area contributed by atoms with Crippen LogP contribution in [0.4, 0.5) is 5.69 Å². The predicted molar refractivity (Wildman–Crippen MR) is 112 cm³/mol. The summed E-state index contributed by atoms with van der Waals surface area (Å²) in [5, 5.41) is 13.6.